The number of hydrogen-bond donors (Lipinski definition) is 0. The molecule has 1 amide bonds. The molecule has 3 nitrogen and oxygen atoms in total. The Bertz CT molecular complexity index is 452. The van der Waals surface area contributed by atoms with Crippen LogP contribution in [0.3, 0.4) is 0 Å². The molecule has 90 valence electrons. The molecule has 1 aromatic rings. The Balaban J connectivity index is 2.24. The number of carbonyl (C=O) groups is 2. The fourth-order valence-corrected chi connectivity index (χ4v) is 2.17. The molecule has 0 N–H and O–H groups in total. The zero-order chi connectivity index (χ0) is 12.4. The van der Waals surface area contributed by atoms with Gasteiger partial charge in [-0.1, -0.05) is 12.1 Å². The van der Waals surface area contributed by atoms with E-state index in [1.54, 1.807) is 0 Å². The van der Waals surface area contributed by atoms with E-state index >= 15 is 0 Å². The van der Waals surface area contributed by atoms with Gasteiger partial charge >= 0.3 is 0 Å². The molecule has 0 saturated heterocycles. The van der Waals surface area contributed by atoms with E-state index in [0.717, 1.165) is 23.0 Å². The van der Waals surface area contributed by atoms with Gasteiger partial charge in [-0.15, -0.1) is 0 Å². The third-order valence-corrected chi connectivity index (χ3v) is 3.18. The number of aldehydes is 1. The van der Waals surface area contributed by atoms with Gasteiger partial charge in [-0.2, -0.15) is 0 Å². The second-order valence-electron chi connectivity index (χ2n) is 4.72. The van der Waals surface area contributed by atoms with Gasteiger partial charge in [0.1, 0.15) is 6.29 Å². The van der Waals surface area contributed by atoms with Crippen molar-refractivity contribution in [3.63, 3.8) is 0 Å². The first-order valence-electron chi connectivity index (χ1n) is 6.00. The van der Waals surface area contributed by atoms with Crippen molar-refractivity contribution in [2.75, 3.05) is 0 Å². The van der Waals surface area contributed by atoms with E-state index < -0.39 is 0 Å². The summed E-state index contributed by atoms with van der Waals surface area (Å²) in [5.41, 5.74) is 2.97. The zero-order valence-corrected chi connectivity index (χ0v) is 10.3. The van der Waals surface area contributed by atoms with Crippen LogP contribution in [-0.4, -0.2) is 23.1 Å². The Kier molecular flexibility index (Phi) is 3.27. The van der Waals surface area contributed by atoms with Crippen LogP contribution < -0.4 is 0 Å². The highest BCUT2D eigenvalue weighted by Gasteiger charge is 2.28. The van der Waals surface area contributed by atoms with Crippen molar-refractivity contribution in [3.05, 3.63) is 34.9 Å². The molecule has 0 bridgehead atoms. The molecule has 1 aromatic carbocycles. The normalized spacial score (nSPS) is 14.3. The van der Waals surface area contributed by atoms with Crippen molar-refractivity contribution in [3.8, 4) is 0 Å². The maximum Gasteiger partial charge on any atom is 0.254 e. The summed E-state index contributed by atoms with van der Waals surface area (Å²) in [4.78, 5) is 24.3. The summed E-state index contributed by atoms with van der Waals surface area (Å²) in [5.74, 6) is 0.114. The van der Waals surface area contributed by atoms with Crippen LogP contribution in [-0.2, 0) is 17.8 Å². The monoisotopic (exact) mass is 231 g/mol. The molecular formula is C14H17NO2. The highest BCUT2D eigenvalue weighted by molar-refractivity contribution is 5.98. The molecule has 0 unspecified atom stereocenters. The lowest BCUT2D eigenvalue weighted by Crippen LogP contribution is -2.30. The number of hydrogen-bond acceptors (Lipinski definition) is 2. The van der Waals surface area contributed by atoms with Crippen LogP contribution in [0.25, 0.3) is 0 Å². The Hall–Kier alpha value is -1.64. The molecule has 0 fully saturated rings. The number of carbonyl (C=O) groups excluding carboxylic acids is 2. The van der Waals surface area contributed by atoms with Gasteiger partial charge in [-0.05, 0) is 37.5 Å². The van der Waals surface area contributed by atoms with Gasteiger partial charge in [0.15, 0.2) is 0 Å². The van der Waals surface area contributed by atoms with Crippen LogP contribution in [0.2, 0.25) is 0 Å². The summed E-state index contributed by atoms with van der Waals surface area (Å²) in [6.45, 7) is 4.76. The maximum atomic E-state index is 12.1. The van der Waals surface area contributed by atoms with Crippen molar-refractivity contribution < 1.29 is 9.59 Å². The van der Waals surface area contributed by atoms with Crippen LogP contribution in [0.4, 0.5) is 0 Å². The summed E-state index contributed by atoms with van der Waals surface area (Å²) in [7, 11) is 0. The summed E-state index contributed by atoms with van der Waals surface area (Å²) >= 11 is 0. The molecule has 0 atom stereocenters. The van der Waals surface area contributed by atoms with Gasteiger partial charge in [0, 0.05) is 24.6 Å². The number of nitrogens with zero attached hydrogens (tertiary/aromatic N) is 1. The molecule has 1 aliphatic rings. The first-order valence-corrected chi connectivity index (χ1v) is 6.00. The summed E-state index contributed by atoms with van der Waals surface area (Å²) in [6, 6.07) is 6.19. The molecule has 0 saturated carbocycles. The molecule has 1 heterocycles. The predicted molar refractivity (Wildman–Crippen MR) is 65.8 cm³/mol. The van der Waals surface area contributed by atoms with Crippen LogP contribution >= 0.6 is 0 Å². The standard InChI is InChI=1S/C14H17NO2/c1-10(2)15-9-12-6-5-11(4-3-7-16)8-13(12)14(15)17/h5-8,10H,3-4,9H2,1-2H3. The molecule has 0 radical (unpaired) electrons. The molecule has 3 heteroatoms. The van der Waals surface area contributed by atoms with Crippen molar-refractivity contribution in [2.24, 2.45) is 0 Å². The van der Waals surface area contributed by atoms with Gasteiger partial charge in [-0.3, -0.25) is 4.79 Å². The predicted octanol–water partition coefficient (Wildman–Crippen LogP) is 2.18. The van der Waals surface area contributed by atoms with Crippen molar-refractivity contribution >= 4 is 12.2 Å². The smallest absolute Gasteiger partial charge is 0.254 e. The average Bonchev–Trinajstić information content (AvgIpc) is 2.64. The molecule has 0 aliphatic carbocycles. The molecule has 0 aromatic heterocycles. The number of benzene rings is 1. The van der Waals surface area contributed by atoms with Gasteiger partial charge in [0.05, 0.1) is 0 Å². The third-order valence-electron chi connectivity index (χ3n) is 3.18. The highest BCUT2D eigenvalue weighted by Crippen LogP contribution is 2.25. The number of rotatable bonds is 4. The van der Waals surface area contributed by atoms with Gasteiger partial charge in [0.2, 0.25) is 0 Å². The minimum Gasteiger partial charge on any atom is -0.332 e. The van der Waals surface area contributed by atoms with E-state index in [2.05, 4.69) is 0 Å². The van der Waals surface area contributed by atoms with Crippen LogP contribution in [0.15, 0.2) is 18.2 Å². The molecule has 1 aliphatic heterocycles. The largest absolute Gasteiger partial charge is 0.332 e. The second kappa shape index (κ2) is 4.70. The fraction of sp³-hybridized carbons (Fsp3) is 0.429. The van der Waals surface area contributed by atoms with Gasteiger partial charge < -0.3 is 9.69 Å². The summed E-state index contributed by atoms with van der Waals surface area (Å²) < 4.78 is 0. The summed E-state index contributed by atoms with van der Waals surface area (Å²) in [6.07, 6.45) is 2.14. The first-order chi connectivity index (χ1) is 8.13. The average molecular weight is 231 g/mol. The van der Waals surface area contributed by atoms with Crippen LogP contribution in [0.1, 0.15) is 41.8 Å². The number of fused-ring (bicyclic) bond motifs is 1. The Morgan fingerprint density at radius 1 is 1.41 bits per heavy atom. The highest BCUT2D eigenvalue weighted by atomic mass is 16.2. The van der Waals surface area contributed by atoms with E-state index in [1.807, 2.05) is 36.9 Å². The van der Waals surface area contributed by atoms with E-state index in [-0.39, 0.29) is 11.9 Å². The first kappa shape index (κ1) is 11.8. The zero-order valence-electron chi connectivity index (χ0n) is 10.3. The van der Waals surface area contributed by atoms with E-state index in [1.165, 1.54) is 0 Å². The lowest BCUT2D eigenvalue weighted by atomic mass is 10.0. The molecule has 17 heavy (non-hydrogen) atoms. The summed E-state index contributed by atoms with van der Waals surface area (Å²) in [5, 5.41) is 0. The molecule has 2 rings (SSSR count). The number of amides is 1. The number of aryl methyl sites for hydroxylation is 1. The molecule has 0 spiro atoms. The SMILES string of the molecule is CC(C)N1Cc2ccc(CCC=O)cc2C1=O. The van der Waals surface area contributed by atoms with Crippen LogP contribution in [0, 0.1) is 0 Å². The van der Waals surface area contributed by atoms with E-state index in [4.69, 9.17) is 0 Å². The Morgan fingerprint density at radius 3 is 2.82 bits per heavy atom. The second-order valence-corrected chi connectivity index (χ2v) is 4.72. The Labute approximate surface area is 101 Å². The van der Waals surface area contributed by atoms with Gasteiger partial charge in [-0.25, -0.2) is 0 Å². The quantitative estimate of drug-likeness (QED) is 0.745. The van der Waals surface area contributed by atoms with Crippen LogP contribution in [0.5, 0.6) is 0 Å². The van der Waals surface area contributed by atoms with Crippen molar-refractivity contribution in [1.82, 2.24) is 4.90 Å². The topological polar surface area (TPSA) is 37.4 Å². The minimum atomic E-state index is 0.114. The van der Waals surface area contributed by atoms with E-state index in [0.29, 0.717) is 19.4 Å². The third kappa shape index (κ3) is 2.23. The lowest BCUT2D eigenvalue weighted by Gasteiger charge is -2.19. The Morgan fingerprint density at radius 2 is 2.18 bits per heavy atom. The molecular weight excluding hydrogens is 214 g/mol. The van der Waals surface area contributed by atoms with Crippen molar-refractivity contribution in [1.29, 1.82) is 0 Å². The maximum absolute atomic E-state index is 12.1. The van der Waals surface area contributed by atoms with Gasteiger partial charge in [0.25, 0.3) is 5.91 Å². The minimum absolute atomic E-state index is 0.114. The van der Waals surface area contributed by atoms with E-state index in [9.17, 15) is 9.59 Å². The van der Waals surface area contributed by atoms with Crippen molar-refractivity contribution in [2.45, 2.75) is 39.3 Å². The lowest BCUT2D eigenvalue weighted by molar-refractivity contribution is -0.107. The fourth-order valence-electron chi connectivity index (χ4n) is 2.17.